The predicted octanol–water partition coefficient (Wildman–Crippen LogP) is 2.31. The van der Waals surface area contributed by atoms with Crippen LogP contribution in [0.5, 0.6) is 0 Å². The summed E-state index contributed by atoms with van der Waals surface area (Å²) in [6, 6.07) is 2.35. The van der Waals surface area contributed by atoms with E-state index >= 15 is 0 Å². The van der Waals surface area contributed by atoms with Crippen LogP contribution in [-0.4, -0.2) is 11.0 Å². The third kappa shape index (κ3) is 3.11. The maximum absolute atomic E-state index is 5.99. The number of nitrogens with two attached hydrogens (primary N) is 1. The van der Waals surface area contributed by atoms with E-state index in [1.54, 1.807) is 0 Å². The lowest BCUT2D eigenvalue weighted by atomic mass is 9.97. The molecule has 2 nitrogen and oxygen atoms in total. The van der Waals surface area contributed by atoms with Crippen molar-refractivity contribution in [2.75, 3.05) is 0 Å². The minimum absolute atomic E-state index is 0.301. The highest BCUT2D eigenvalue weighted by Gasteiger charge is 2.08. The Balaban J connectivity index is 2.50. The fourth-order valence-corrected chi connectivity index (χ4v) is 1.41. The summed E-state index contributed by atoms with van der Waals surface area (Å²) in [7, 11) is 0. The van der Waals surface area contributed by atoms with E-state index in [4.69, 9.17) is 5.73 Å². The van der Waals surface area contributed by atoms with Crippen molar-refractivity contribution in [1.82, 2.24) is 4.98 Å². The molecule has 1 aromatic heterocycles. The average Bonchev–Trinajstić information content (AvgIpc) is 2.16. The molecule has 1 unspecified atom stereocenters. The average molecular weight is 192 g/mol. The van der Waals surface area contributed by atoms with Crippen molar-refractivity contribution in [1.29, 1.82) is 0 Å². The summed E-state index contributed by atoms with van der Waals surface area (Å²) < 4.78 is 0. The van der Waals surface area contributed by atoms with Crippen molar-refractivity contribution >= 4 is 0 Å². The second-order valence-electron chi connectivity index (χ2n) is 4.25. The molecule has 14 heavy (non-hydrogen) atoms. The van der Waals surface area contributed by atoms with Gasteiger partial charge in [-0.2, -0.15) is 0 Å². The van der Waals surface area contributed by atoms with Crippen LogP contribution in [0, 0.1) is 12.8 Å². The van der Waals surface area contributed by atoms with E-state index < -0.39 is 0 Å². The second-order valence-corrected chi connectivity index (χ2v) is 4.25. The molecule has 1 heterocycles. The topological polar surface area (TPSA) is 38.9 Å². The van der Waals surface area contributed by atoms with E-state index in [1.165, 1.54) is 11.1 Å². The minimum Gasteiger partial charge on any atom is -0.327 e. The van der Waals surface area contributed by atoms with Gasteiger partial charge in [-0.15, -0.1) is 0 Å². The SMILES string of the molecule is Cc1ccncc1CCC(N)C(C)C. The summed E-state index contributed by atoms with van der Waals surface area (Å²) in [6.07, 6.45) is 5.87. The molecule has 1 aromatic rings. The van der Waals surface area contributed by atoms with E-state index in [0.29, 0.717) is 12.0 Å². The summed E-state index contributed by atoms with van der Waals surface area (Å²) in [5.41, 5.74) is 8.63. The Labute approximate surface area is 86.5 Å². The van der Waals surface area contributed by atoms with Gasteiger partial charge in [0, 0.05) is 18.4 Å². The molecule has 0 spiro atoms. The zero-order valence-corrected chi connectivity index (χ0v) is 9.33. The van der Waals surface area contributed by atoms with Gasteiger partial charge in [0.25, 0.3) is 0 Å². The molecule has 0 aromatic carbocycles. The van der Waals surface area contributed by atoms with Crippen molar-refractivity contribution in [3.8, 4) is 0 Å². The molecule has 0 bridgehead atoms. The van der Waals surface area contributed by atoms with Gasteiger partial charge in [-0.05, 0) is 42.9 Å². The van der Waals surface area contributed by atoms with Gasteiger partial charge in [0.15, 0.2) is 0 Å². The van der Waals surface area contributed by atoms with Gasteiger partial charge >= 0.3 is 0 Å². The third-order valence-electron chi connectivity index (χ3n) is 2.75. The highest BCUT2D eigenvalue weighted by molar-refractivity contribution is 5.21. The van der Waals surface area contributed by atoms with Crippen molar-refractivity contribution in [3.63, 3.8) is 0 Å². The maximum Gasteiger partial charge on any atom is 0.0302 e. The maximum atomic E-state index is 5.99. The van der Waals surface area contributed by atoms with E-state index in [1.807, 2.05) is 12.4 Å². The molecule has 0 amide bonds. The molecule has 0 fully saturated rings. The molecule has 0 aliphatic rings. The molecule has 2 N–H and O–H groups in total. The molecule has 1 rings (SSSR count). The Morgan fingerprint density at radius 1 is 1.43 bits per heavy atom. The van der Waals surface area contributed by atoms with Gasteiger partial charge in [-0.1, -0.05) is 13.8 Å². The van der Waals surface area contributed by atoms with Crippen LogP contribution in [0.1, 0.15) is 31.4 Å². The molecular weight excluding hydrogens is 172 g/mol. The van der Waals surface area contributed by atoms with Crippen LogP contribution in [0.3, 0.4) is 0 Å². The molecular formula is C12H20N2. The number of rotatable bonds is 4. The van der Waals surface area contributed by atoms with Crippen molar-refractivity contribution < 1.29 is 0 Å². The third-order valence-corrected chi connectivity index (χ3v) is 2.75. The number of aryl methyl sites for hydroxylation is 2. The van der Waals surface area contributed by atoms with Crippen molar-refractivity contribution in [2.24, 2.45) is 11.7 Å². The van der Waals surface area contributed by atoms with E-state index in [9.17, 15) is 0 Å². The Morgan fingerprint density at radius 3 is 2.71 bits per heavy atom. The molecule has 78 valence electrons. The second kappa shape index (κ2) is 5.11. The lowest BCUT2D eigenvalue weighted by Gasteiger charge is -2.15. The summed E-state index contributed by atoms with van der Waals surface area (Å²) in [5, 5.41) is 0. The number of nitrogens with zero attached hydrogens (tertiary/aromatic N) is 1. The zero-order valence-electron chi connectivity index (χ0n) is 9.33. The highest BCUT2D eigenvalue weighted by atomic mass is 14.6. The Kier molecular flexibility index (Phi) is 4.08. The van der Waals surface area contributed by atoms with E-state index in [2.05, 4.69) is 31.8 Å². The zero-order chi connectivity index (χ0) is 10.6. The van der Waals surface area contributed by atoms with Crippen LogP contribution < -0.4 is 5.73 Å². The van der Waals surface area contributed by atoms with E-state index in [-0.39, 0.29) is 0 Å². The van der Waals surface area contributed by atoms with Crippen LogP contribution in [-0.2, 0) is 6.42 Å². The molecule has 0 saturated heterocycles. The first-order valence-corrected chi connectivity index (χ1v) is 5.26. The minimum atomic E-state index is 0.301. The molecule has 1 atom stereocenters. The predicted molar refractivity (Wildman–Crippen MR) is 60.1 cm³/mol. The van der Waals surface area contributed by atoms with Crippen LogP contribution in [0.4, 0.5) is 0 Å². The summed E-state index contributed by atoms with van der Waals surface area (Å²) >= 11 is 0. The smallest absolute Gasteiger partial charge is 0.0302 e. The normalized spacial score (nSPS) is 13.2. The Hall–Kier alpha value is -0.890. The van der Waals surface area contributed by atoms with Crippen LogP contribution in [0.25, 0.3) is 0 Å². The summed E-state index contributed by atoms with van der Waals surface area (Å²) in [4.78, 5) is 4.13. The Bertz CT molecular complexity index is 281. The van der Waals surface area contributed by atoms with Crippen molar-refractivity contribution in [2.45, 2.75) is 39.7 Å². The summed E-state index contributed by atoms with van der Waals surface area (Å²) in [6.45, 7) is 6.46. The van der Waals surface area contributed by atoms with Gasteiger partial charge in [-0.3, -0.25) is 4.98 Å². The quantitative estimate of drug-likeness (QED) is 0.795. The van der Waals surface area contributed by atoms with Gasteiger partial charge in [-0.25, -0.2) is 0 Å². The Morgan fingerprint density at radius 2 is 2.14 bits per heavy atom. The molecule has 0 radical (unpaired) electrons. The van der Waals surface area contributed by atoms with Crippen molar-refractivity contribution in [3.05, 3.63) is 29.6 Å². The fourth-order valence-electron chi connectivity index (χ4n) is 1.41. The van der Waals surface area contributed by atoms with Gasteiger partial charge < -0.3 is 5.73 Å². The van der Waals surface area contributed by atoms with Crippen LogP contribution in [0.15, 0.2) is 18.5 Å². The lowest BCUT2D eigenvalue weighted by Crippen LogP contribution is -2.26. The molecule has 2 heteroatoms. The first-order valence-electron chi connectivity index (χ1n) is 5.26. The largest absolute Gasteiger partial charge is 0.327 e. The number of pyridine rings is 1. The first kappa shape index (κ1) is 11.2. The number of hydrogen-bond acceptors (Lipinski definition) is 2. The number of hydrogen-bond donors (Lipinski definition) is 1. The van der Waals surface area contributed by atoms with Crippen LogP contribution >= 0.6 is 0 Å². The summed E-state index contributed by atoms with van der Waals surface area (Å²) in [5.74, 6) is 0.562. The highest BCUT2D eigenvalue weighted by Crippen LogP contribution is 2.11. The molecule has 0 saturated carbocycles. The lowest BCUT2D eigenvalue weighted by molar-refractivity contribution is 0.464. The fraction of sp³-hybridized carbons (Fsp3) is 0.583. The van der Waals surface area contributed by atoms with Crippen LogP contribution in [0.2, 0.25) is 0 Å². The van der Waals surface area contributed by atoms with Gasteiger partial charge in [0.1, 0.15) is 0 Å². The number of aromatic nitrogens is 1. The monoisotopic (exact) mass is 192 g/mol. The first-order chi connectivity index (χ1) is 6.61. The molecule has 0 aliphatic carbocycles. The standard InChI is InChI=1S/C12H20N2/c1-9(2)12(13)5-4-11-8-14-7-6-10(11)3/h6-9,12H,4-5,13H2,1-3H3. The molecule has 0 aliphatic heterocycles. The van der Waals surface area contributed by atoms with Gasteiger partial charge in [0.05, 0.1) is 0 Å². The van der Waals surface area contributed by atoms with Gasteiger partial charge in [0.2, 0.25) is 0 Å². The van der Waals surface area contributed by atoms with E-state index in [0.717, 1.165) is 12.8 Å².